The van der Waals surface area contributed by atoms with Crippen LogP contribution in [-0.2, 0) is 4.79 Å². The molecule has 4 fully saturated rings. The van der Waals surface area contributed by atoms with E-state index in [-0.39, 0.29) is 17.4 Å². The van der Waals surface area contributed by atoms with Gasteiger partial charge in [0.2, 0.25) is 0 Å². The molecule has 130 valence electrons. The average molecular weight is 319 g/mol. The van der Waals surface area contributed by atoms with E-state index in [4.69, 9.17) is 0 Å². The first-order valence-electron chi connectivity index (χ1n) is 10.1. The molecule has 8 atom stereocenters. The van der Waals surface area contributed by atoms with Crippen molar-refractivity contribution >= 4 is 5.78 Å². The second kappa shape index (κ2) is 5.31. The molecule has 2 nitrogen and oxygen atoms in total. The van der Waals surface area contributed by atoms with Crippen molar-refractivity contribution in [3.8, 4) is 0 Å². The Hall–Kier alpha value is -0.370. The van der Waals surface area contributed by atoms with Gasteiger partial charge < -0.3 is 5.11 Å². The normalized spacial score (nSPS) is 55.7. The highest BCUT2D eigenvalue weighted by atomic mass is 16.3. The zero-order valence-electron chi connectivity index (χ0n) is 15.2. The van der Waals surface area contributed by atoms with Crippen molar-refractivity contribution in [2.75, 3.05) is 0 Å². The van der Waals surface area contributed by atoms with Crippen LogP contribution >= 0.6 is 0 Å². The predicted octanol–water partition coefficient (Wildman–Crippen LogP) is 4.60. The molecule has 0 radical (unpaired) electrons. The standard InChI is InChI=1S/C21H34O2/c1-13(22)15-7-8-16-19-17(9-11-21(15,16)3)20(2)10-5-4-6-14(20)12-18(19)23/h14-19,23H,4-12H2,1-3H3/t14-,15+,16-,17+,18-,19-,20+,21-/m1/s1. The maximum atomic E-state index is 12.2. The Morgan fingerprint density at radius 1 is 0.957 bits per heavy atom. The number of carbonyl (C=O) groups is 1. The molecule has 0 bridgehead atoms. The van der Waals surface area contributed by atoms with Crippen molar-refractivity contribution in [2.45, 2.75) is 84.7 Å². The summed E-state index contributed by atoms with van der Waals surface area (Å²) < 4.78 is 0. The van der Waals surface area contributed by atoms with Crippen LogP contribution in [0.2, 0.25) is 0 Å². The van der Waals surface area contributed by atoms with Crippen molar-refractivity contribution in [3.63, 3.8) is 0 Å². The maximum Gasteiger partial charge on any atom is 0.133 e. The number of ketones is 1. The lowest BCUT2D eigenvalue weighted by atomic mass is 9.44. The molecule has 0 amide bonds. The zero-order valence-corrected chi connectivity index (χ0v) is 15.2. The van der Waals surface area contributed by atoms with Gasteiger partial charge >= 0.3 is 0 Å². The fourth-order valence-electron chi connectivity index (χ4n) is 7.92. The van der Waals surface area contributed by atoms with Gasteiger partial charge in [-0.1, -0.05) is 26.7 Å². The summed E-state index contributed by atoms with van der Waals surface area (Å²) in [5, 5.41) is 11.1. The van der Waals surface area contributed by atoms with Crippen LogP contribution in [0.5, 0.6) is 0 Å². The lowest BCUT2D eigenvalue weighted by Crippen LogP contribution is -2.57. The molecule has 4 aliphatic rings. The van der Waals surface area contributed by atoms with Crippen LogP contribution in [0.1, 0.15) is 78.6 Å². The highest BCUT2D eigenvalue weighted by Gasteiger charge is 2.62. The minimum absolute atomic E-state index is 0.119. The first-order chi connectivity index (χ1) is 10.9. The van der Waals surface area contributed by atoms with E-state index in [1.165, 1.54) is 44.9 Å². The Morgan fingerprint density at radius 2 is 1.70 bits per heavy atom. The van der Waals surface area contributed by atoms with Crippen molar-refractivity contribution < 1.29 is 9.90 Å². The first kappa shape index (κ1) is 16.1. The smallest absolute Gasteiger partial charge is 0.133 e. The molecule has 0 aromatic carbocycles. The molecule has 0 unspecified atom stereocenters. The van der Waals surface area contributed by atoms with Gasteiger partial charge in [0.15, 0.2) is 0 Å². The molecule has 0 saturated heterocycles. The number of rotatable bonds is 1. The second-order valence-corrected chi connectivity index (χ2v) is 9.83. The van der Waals surface area contributed by atoms with Crippen molar-refractivity contribution in [1.82, 2.24) is 0 Å². The number of fused-ring (bicyclic) bond motifs is 5. The largest absolute Gasteiger partial charge is 0.393 e. The van der Waals surface area contributed by atoms with Gasteiger partial charge in [0.05, 0.1) is 6.10 Å². The first-order valence-corrected chi connectivity index (χ1v) is 10.1. The van der Waals surface area contributed by atoms with Crippen LogP contribution in [0, 0.1) is 40.4 Å². The number of hydrogen-bond donors (Lipinski definition) is 1. The van der Waals surface area contributed by atoms with E-state index in [9.17, 15) is 9.90 Å². The van der Waals surface area contributed by atoms with E-state index in [0.29, 0.717) is 29.0 Å². The third kappa shape index (κ3) is 2.12. The van der Waals surface area contributed by atoms with E-state index in [1.54, 1.807) is 6.92 Å². The molecular weight excluding hydrogens is 284 g/mol. The van der Waals surface area contributed by atoms with Gasteiger partial charge in [0, 0.05) is 5.92 Å². The van der Waals surface area contributed by atoms with Crippen LogP contribution in [0.25, 0.3) is 0 Å². The molecule has 0 aromatic heterocycles. The summed E-state index contributed by atoms with van der Waals surface area (Å²) in [6.45, 7) is 6.70. The number of aliphatic hydroxyl groups excluding tert-OH is 1. The van der Waals surface area contributed by atoms with Crippen LogP contribution in [0.4, 0.5) is 0 Å². The highest BCUT2D eigenvalue weighted by molar-refractivity contribution is 5.79. The predicted molar refractivity (Wildman–Crippen MR) is 91.9 cm³/mol. The topological polar surface area (TPSA) is 37.3 Å². The third-order valence-electron chi connectivity index (χ3n) is 9.09. The molecule has 0 aliphatic heterocycles. The highest BCUT2D eigenvalue weighted by Crippen LogP contribution is 2.67. The number of hydrogen-bond acceptors (Lipinski definition) is 2. The van der Waals surface area contributed by atoms with E-state index < -0.39 is 0 Å². The average Bonchev–Trinajstić information content (AvgIpc) is 2.85. The Morgan fingerprint density at radius 3 is 2.43 bits per heavy atom. The van der Waals surface area contributed by atoms with Crippen molar-refractivity contribution in [1.29, 1.82) is 0 Å². The van der Waals surface area contributed by atoms with Gasteiger partial charge in [-0.3, -0.25) is 4.79 Å². The van der Waals surface area contributed by atoms with Gasteiger partial charge in [-0.2, -0.15) is 0 Å². The summed E-state index contributed by atoms with van der Waals surface area (Å²) in [6, 6.07) is 0. The number of carbonyl (C=O) groups excluding carboxylic acids is 1. The minimum atomic E-state index is -0.119. The molecule has 4 saturated carbocycles. The molecule has 1 N–H and O–H groups in total. The third-order valence-corrected chi connectivity index (χ3v) is 9.09. The monoisotopic (exact) mass is 318 g/mol. The molecular formula is C21H34O2. The Labute approximate surface area is 141 Å². The quantitative estimate of drug-likeness (QED) is 0.767. The lowest BCUT2D eigenvalue weighted by molar-refractivity contribution is -0.164. The molecule has 0 spiro atoms. The van der Waals surface area contributed by atoms with Crippen LogP contribution in [0.3, 0.4) is 0 Å². The van der Waals surface area contributed by atoms with Crippen molar-refractivity contribution in [3.05, 3.63) is 0 Å². The number of aliphatic hydroxyl groups is 1. The van der Waals surface area contributed by atoms with Crippen LogP contribution in [0.15, 0.2) is 0 Å². The van der Waals surface area contributed by atoms with Gasteiger partial charge in [0.25, 0.3) is 0 Å². The summed E-state index contributed by atoms with van der Waals surface area (Å²) in [4.78, 5) is 12.2. The van der Waals surface area contributed by atoms with E-state index in [2.05, 4.69) is 13.8 Å². The molecule has 0 aromatic rings. The zero-order chi connectivity index (χ0) is 16.4. The Bertz CT molecular complexity index is 500. The summed E-state index contributed by atoms with van der Waals surface area (Å²) in [6.07, 6.45) is 11.0. The van der Waals surface area contributed by atoms with Crippen LogP contribution < -0.4 is 0 Å². The Balaban J connectivity index is 1.68. The summed E-state index contributed by atoms with van der Waals surface area (Å²) in [7, 11) is 0. The van der Waals surface area contributed by atoms with Gasteiger partial charge in [-0.05, 0) is 86.4 Å². The lowest BCUT2D eigenvalue weighted by Gasteiger charge is -2.61. The summed E-state index contributed by atoms with van der Waals surface area (Å²) >= 11 is 0. The summed E-state index contributed by atoms with van der Waals surface area (Å²) in [5.41, 5.74) is 0.615. The fourth-order valence-corrected chi connectivity index (χ4v) is 7.92. The molecule has 4 aliphatic carbocycles. The molecule has 4 rings (SSSR count). The molecule has 23 heavy (non-hydrogen) atoms. The minimum Gasteiger partial charge on any atom is -0.393 e. The van der Waals surface area contributed by atoms with Gasteiger partial charge in [0.1, 0.15) is 5.78 Å². The molecule has 0 heterocycles. The summed E-state index contributed by atoms with van der Waals surface area (Å²) in [5.74, 6) is 3.10. The Kier molecular flexibility index (Phi) is 3.72. The van der Waals surface area contributed by atoms with Crippen molar-refractivity contribution in [2.24, 2.45) is 40.4 Å². The van der Waals surface area contributed by atoms with E-state index in [0.717, 1.165) is 18.8 Å². The molecule has 2 heteroatoms. The van der Waals surface area contributed by atoms with Gasteiger partial charge in [-0.15, -0.1) is 0 Å². The maximum absolute atomic E-state index is 12.2. The number of Topliss-reactive ketones (excluding diaryl/α,β-unsaturated/α-hetero) is 1. The SMILES string of the molecule is CC(=O)[C@@H]1CC[C@@H]2[C@H]3[C@H](O)C[C@H]4CCCC[C@]4(C)[C@H]3CC[C@@]21C. The van der Waals surface area contributed by atoms with Gasteiger partial charge in [-0.25, -0.2) is 0 Å². The van der Waals surface area contributed by atoms with E-state index >= 15 is 0 Å². The van der Waals surface area contributed by atoms with Crippen LogP contribution in [-0.4, -0.2) is 17.0 Å². The van der Waals surface area contributed by atoms with E-state index in [1.807, 2.05) is 0 Å². The second-order valence-electron chi connectivity index (χ2n) is 9.83. The fraction of sp³-hybridized carbons (Fsp3) is 0.952.